The van der Waals surface area contributed by atoms with Gasteiger partial charge in [-0.25, -0.2) is 8.42 Å². The van der Waals surface area contributed by atoms with E-state index in [1.54, 1.807) is 16.4 Å². The van der Waals surface area contributed by atoms with E-state index in [4.69, 9.17) is 11.6 Å². The van der Waals surface area contributed by atoms with Gasteiger partial charge in [-0.15, -0.1) is 11.6 Å². The van der Waals surface area contributed by atoms with Crippen molar-refractivity contribution in [1.82, 2.24) is 4.31 Å². The summed E-state index contributed by atoms with van der Waals surface area (Å²) in [6.45, 7) is 4.32. The first-order valence-corrected chi connectivity index (χ1v) is 9.09. The second-order valence-corrected chi connectivity index (χ2v) is 7.76. The van der Waals surface area contributed by atoms with Crippen LogP contribution in [0.1, 0.15) is 36.8 Å². The van der Waals surface area contributed by atoms with Gasteiger partial charge >= 0.3 is 0 Å². The molecular weight excluding hydrogens is 294 g/mol. The molecule has 0 saturated heterocycles. The number of rotatable bonds is 5. The van der Waals surface area contributed by atoms with Gasteiger partial charge in [0.25, 0.3) is 0 Å². The van der Waals surface area contributed by atoms with E-state index in [9.17, 15) is 8.42 Å². The average Bonchev–Trinajstić information content (AvgIpc) is 2.92. The lowest BCUT2D eigenvalue weighted by Crippen LogP contribution is -2.40. The van der Waals surface area contributed by atoms with Crippen LogP contribution in [0.15, 0.2) is 23.1 Å². The van der Waals surface area contributed by atoms with E-state index in [0.717, 1.165) is 36.8 Å². The average molecular weight is 316 g/mol. The van der Waals surface area contributed by atoms with Crippen molar-refractivity contribution in [3.05, 3.63) is 29.3 Å². The van der Waals surface area contributed by atoms with Gasteiger partial charge in [-0.2, -0.15) is 4.31 Å². The number of hydrogen-bond acceptors (Lipinski definition) is 2. The molecule has 0 aliphatic heterocycles. The number of benzene rings is 1. The third kappa shape index (κ3) is 3.18. The molecule has 1 aromatic carbocycles. The van der Waals surface area contributed by atoms with Crippen LogP contribution in [0.2, 0.25) is 0 Å². The van der Waals surface area contributed by atoms with Crippen molar-refractivity contribution >= 4 is 21.6 Å². The lowest BCUT2D eigenvalue weighted by Gasteiger charge is -2.27. The van der Waals surface area contributed by atoms with Crippen LogP contribution in [-0.4, -0.2) is 31.2 Å². The fourth-order valence-electron chi connectivity index (χ4n) is 2.78. The molecule has 1 aromatic rings. The highest BCUT2D eigenvalue weighted by atomic mass is 35.5. The van der Waals surface area contributed by atoms with Gasteiger partial charge in [0.05, 0.1) is 4.90 Å². The quantitative estimate of drug-likeness (QED) is 0.780. The van der Waals surface area contributed by atoms with Gasteiger partial charge < -0.3 is 0 Å². The molecule has 0 atom stereocenters. The molecule has 0 bridgehead atoms. The number of halogens is 1. The van der Waals surface area contributed by atoms with Gasteiger partial charge in [-0.1, -0.05) is 18.9 Å². The summed E-state index contributed by atoms with van der Waals surface area (Å²) in [5, 5.41) is 0. The van der Waals surface area contributed by atoms with Crippen molar-refractivity contribution in [3.8, 4) is 0 Å². The van der Waals surface area contributed by atoms with Crippen LogP contribution in [-0.2, 0) is 10.0 Å². The maximum absolute atomic E-state index is 12.8. The zero-order valence-corrected chi connectivity index (χ0v) is 13.7. The van der Waals surface area contributed by atoms with Crippen molar-refractivity contribution in [2.75, 3.05) is 12.4 Å². The van der Waals surface area contributed by atoms with Gasteiger partial charge in [0.2, 0.25) is 10.0 Å². The van der Waals surface area contributed by atoms with Gasteiger partial charge in [0.15, 0.2) is 0 Å². The Bertz CT molecular complexity index is 565. The van der Waals surface area contributed by atoms with E-state index in [-0.39, 0.29) is 6.04 Å². The van der Waals surface area contributed by atoms with E-state index < -0.39 is 10.0 Å². The van der Waals surface area contributed by atoms with Gasteiger partial charge in [-0.05, 0) is 49.9 Å². The maximum Gasteiger partial charge on any atom is 0.243 e. The summed E-state index contributed by atoms with van der Waals surface area (Å²) < 4.78 is 27.3. The van der Waals surface area contributed by atoms with Crippen molar-refractivity contribution in [2.45, 2.75) is 50.5 Å². The van der Waals surface area contributed by atoms with Crippen LogP contribution in [0, 0.1) is 13.8 Å². The minimum Gasteiger partial charge on any atom is -0.207 e. The molecule has 2 rings (SSSR count). The Hall–Kier alpha value is -0.580. The molecule has 1 aliphatic carbocycles. The molecule has 1 aliphatic rings. The Morgan fingerprint density at radius 1 is 1.20 bits per heavy atom. The Balaban J connectivity index is 2.36. The summed E-state index contributed by atoms with van der Waals surface area (Å²) in [5.41, 5.74) is 2.11. The van der Waals surface area contributed by atoms with Crippen LogP contribution >= 0.6 is 11.6 Å². The van der Waals surface area contributed by atoms with Crippen LogP contribution in [0.25, 0.3) is 0 Å². The lowest BCUT2D eigenvalue weighted by molar-refractivity contribution is 0.337. The number of hydrogen-bond donors (Lipinski definition) is 0. The molecule has 0 N–H and O–H groups in total. The fraction of sp³-hybridized carbons (Fsp3) is 0.600. The predicted molar refractivity (Wildman–Crippen MR) is 82.8 cm³/mol. The summed E-state index contributed by atoms with van der Waals surface area (Å²) in [7, 11) is -3.44. The Morgan fingerprint density at radius 2 is 1.85 bits per heavy atom. The molecule has 0 spiro atoms. The summed E-state index contributed by atoms with van der Waals surface area (Å²) in [6, 6.07) is 5.45. The monoisotopic (exact) mass is 315 g/mol. The van der Waals surface area contributed by atoms with Crippen molar-refractivity contribution < 1.29 is 8.42 Å². The van der Waals surface area contributed by atoms with E-state index >= 15 is 0 Å². The van der Waals surface area contributed by atoms with E-state index in [2.05, 4.69) is 0 Å². The minimum atomic E-state index is -3.44. The zero-order valence-electron chi connectivity index (χ0n) is 12.1. The van der Waals surface area contributed by atoms with Crippen LogP contribution in [0.3, 0.4) is 0 Å². The first kappa shape index (κ1) is 15.8. The number of sulfonamides is 1. The third-order valence-electron chi connectivity index (χ3n) is 4.12. The molecule has 0 heterocycles. The first-order valence-electron chi connectivity index (χ1n) is 7.12. The fourth-order valence-corrected chi connectivity index (χ4v) is 4.84. The smallest absolute Gasteiger partial charge is 0.207 e. The molecule has 0 amide bonds. The second kappa shape index (κ2) is 6.46. The Kier molecular flexibility index (Phi) is 5.10. The summed E-state index contributed by atoms with van der Waals surface area (Å²) >= 11 is 5.82. The SMILES string of the molecule is Cc1ccc(S(=O)(=O)N(CCCl)C2CCCC2)cc1C. The van der Waals surface area contributed by atoms with Crippen molar-refractivity contribution in [1.29, 1.82) is 0 Å². The first-order chi connectivity index (χ1) is 9.46. The van der Waals surface area contributed by atoms with E-state index in [0.29, 0.717) is 17.3 Å². The van der Waals surface area contributed by atoms with Crippen LogP contribution < -0.4 is 0 Å². The van der Waals surface area contributed by atoms with Gasteiger partial charge in [0, 0.05) is 18.5 Å². The normalized spacial score (nSPS) is 17.0. The molecule has 1 saturated carbocycles. The third-order valence-corrected chi connectivity index (χ3v) is 6.24. The Labute approximate surface area is 127 Å². The topological polar surface area (TPSA) is 37.4 Å². The number of nitrogens with zero attached hydrogens (tertiary/aromatic N) is 1. The highest BCUT2D eigenvalue weighted by Crippen LogP contribution is 2.29. The molecule has 1 fully saturated rings. The number of aryl methyl sites for hydroxylation is 2. The van der Waals surface area contributed by atoms with Crippen molar-refractivity contribution in [3.63, 3.8) is 0 Å². The zero-order chi connectivity index (χ0) is 14.8. The molecule has 0 radical (unpaired) electrons. The van der Waals surface area contributed by atoms with Crippen molar-refractivity contribution in [2.24, 2.45) is 0 Å². The lowest BCUT2D eigenvalue weighted by atomic mass is 10.1. The summed E-state index contributed by atoms with van der Waals surface area (Å²) in [5.74, 6) is 0.334. The van der Waals surface area contributed by atoms with Crippen LogP contribution in [0.5, 0.6) is 0 Å². The van der Waals surface area contributed by atoms with E-state index in [1.807, 2.05) is 19.9 Å². The highest BCUT2D eigenvalue weighted by Gasteiger charge is 2.32. The minimum absolute atomic E-state index is 0.111. The maximum atomic E-state index is 12.8. The summed E-state index contributed by atoms with van der Waals surface area (Å²) in [6.07, 6.45) is 4.10. The highest BCUT2D eigenvalue weighted by molar-refractivity contribution is 7.89. The van der Waals surface area contributed by atoms with E-state index in [1.165, 1.54) is 0 Å². The van der Waals surface area contributed by atoms with Gasteiger partial charge in [0.1, 0.15) is 0 Å². The largest absolute Gasteiger partial charge is 0.243 e. The number of alkyl halides is 1. The molecular formula is C15H22ClNO2S. The molecule has 20 heavy (non-hydrogen) atoms. The molecule has 112 valence electrons. The Morgan fingerprint density at radius 3 is 2.40 bits per heavy atom. The van der Waals surface area contributed by atoms with Crippen LogP contribution in [0.4, 0.5) is 0 Å². The predicted octanol–water partition coefficient (Wildman–Crippen LogP) is 3.48. The summed E-state index contributed by atoms with van der Waals surface area (Å²) in [4.78, 5) is 0.387. The molecule has 0 aromatic heterocycles. The molecule has 0 unspecified atom stereocenters. The molecule has 3 nitrogen and oxygen atoms in total. The molecule has 5 heteroatoms. The second-order valence-electron chi connectivity index (χ2n) is 5.49. The standard InChI is InChI=1S/C15H22ClNO2S/c1-12-7-8-15(11-13(12)2)20(18,19)17(10-9-16)14-5-3-4-6-14/h7-8,11,14H,3-6,9-10H2,1-2H3. The van der Waals surface area contributed by atoms with Gasteiger partial charge in [-0.3, -0.25) is 0 Å².